The van der Waals surface area contributed by atoms with Gasteiger partial charge in [-0.3, -0.25) is 9.59 Å². The smallest absolute Gasteiger partial charge is 0.268 e. The Labute approximate surface area is 215 Å². The molecule has 0 atom stereocenters. The molecule has 0 radical (unpaired) electrons. The van der Waals surface area contributed by atoms with Crippen molar-refractivity contribution in [3.63, 3.8) is 0 Å². The van der Waals surface area contributed by atoms with Crippen LogP contribution in [0, 0.1) is 0 Å². The second-order valence-corrected chi connectivity index (χ2v) is 10.0. The fourth-order valence-electron chi connectivity index (χ4n) is 4.01. The Morgan fingerprint density at radius 2 is 1.51 bits per heavy atom. The molecule has 1 N–H and O–H groups in total. The van der Waals surface area contributed by atoms with Crippen molar-refractivity contribution >= 4 is 32.4 Å². The Hall–Kier alpha value is -4.31. The van der Waals surface area contributed by atoms with Crippen LogP contribution in [0.3, 0.4) is 0 Å². The van der Waals surface area contributed by atoms with Crippen molar-refractivity contribution in [1.82, 2.24) is 4.31 Å². The molecule has 3 aromatic carbocycles. The van der Waals surface area contributed by atoms with E-state index in [4.69, 9.17) is 14.2 Å². The van der Waals surface area contributed by atoms with Crippen molar-refractivity contribution in [3.8, 4) is 17.2 Å². The van der Waals surface area contributed by atoms with Gasteiger partial charge in [0.1, 0.15) is 10.7 Å². The van der Waals surface area contributed by atoms with E-state index in [0.29, 0.717) is 39.6 Å². The molecule has 1 aliphatic rings. The fourth-order valence-corrected chi connectivity index (χ4v) is 5.81. The van der Waals surface area contributed by atoms with Crippen LogP contribution in [0.4, 0.5) is 5.69 Å². The molecule has 0 unspecified atom stereocenters. The van der Waals surface area contributed by atoms with Gasteiger partial charge in [-0.05, 0) is 66.6 Å². The average molecular weight is 523 g/mol. The number of amides is 2. The number of carbonyl (C=O) groups is 2. The van der Waals surface area contributed by atoms with Gasteiger partial charge in [-0.1, -0.05) is 12.1 Å². The van der Waals surface area contributed by atoms with Crippen LogP contribution in [0.25, 0.3) is 4.91 Å². The Bertz CT molecular complexity index is 1480. The first-order chi connectivity index (χ1) is 17.7. The van der Waals surface area contributed by atoms with Crippen molar-refractivity contribution in [2.45, 2.75) is 13.5 Å². The summed E-state index contributed by atoms with van der Waals surface area (Å²) < 4.78 is 43.0. The van der Waals surface area contributed by atoms with E-state index in [1.165, 1.54) is 28.3 Å². The minimum Gasteiger partial charge on any atom is -0.497 e. The molecule has 2 amide bonds. The molecule has 1 heterocycles. The summed E-state index contributed by atoms with van der Waals surface area (Å²) in [4.78, 5) is 25.6. The highest BCUT2D eigenvalue weighted by Gasteiger charge is 2.42. The molecule has 1 aliphatic heterocycles. The summed E-state index contributed by atoms with van der Waals surface area (Å²) in [6.45, 7) is 1.34. The largest absolute Gasteiger partial charge is 0.497 e. The lowest BCUT2D eigenvalue weighted by Crippen LogP contribution is -2.30. The number of rotatable bonds is 8. The first-order valence-corrected chi connectivity index (χ1v) is 12.7. The number of benzene rings is 3. The van der Waals surface area contributed by atoms with Gasteiger partial charge in [0, 0.05) is 22.9 Å². The van der Waals surface area contributed by atoms with E-state index in [2.05, 4.69) is 5.32 Å². The van der Waals surface area contributed by atoms with Crippen LogP contribution in [-0.4, -0.2) is 45.9 Å². The first-order valence-electron chi connectivity index (χ1n) is 11.2. The molecule has 0 aliphatic carbocycles. The number of sulfonamides is 1. The van der Waals surface area contributed by atoms with Gasteiger partial charge in [0.25, 0.3) is 21.8 Å². The van der Waals surface area contributed by atoms with Crippen molar-refractivity contribution in [3.05, 3.63) is 89.0 Å². The van der Waals surface area contributed by atoms with E-state index in [-0.39, 0.29) is 22.9 Å². The lowest BCUT2D eigenvalue weighted by Gasteiger charge is -2.17. The molecular formula is C27H26N2O7S. The minimum atomic E-state index is -4.06. The number of anilines is 1. The lowest BCUT2D eigenvalue weighted by atomic mass is 10.1. The zero-order valence-corrected chi connectivity index (χ0v) is 21.6. The third kappa shape index (κ3) is 5.01. The van der Waals surface area contributed by atoms with E-state index >= 15 is 0 Å². The fraction of sp³-hybridized carbons (Fsp3) is 0.185. The van der Waals surface area contributed by atoms with Gasteiger partial charge in [0.2, 0.25) is 0 Å². The number of ether oxygens (including phenoxy) is 3. The van der Waals surface area contributed by atoms with Crippen LogP contribution in [-0.2, 0) is 21.4 Å². The van der Waals surface area contributed by atoms with Crippen molar-refractivity contribution in [2.75, 3.05) is 26.6 Å². The van der Waals surface area contributed by atoms with Crippen LogP contribution >= 0.6 is 0 Å². The standard InChI is InChI=1S/C27H26N2O7S/c1-17-25(19-9-12-22(34-2)13-10-19)37(32,33)29(27(17)31)16-18-5-7-20(8-6-18)26(30)28-21-11-14-23(35-3)24(15-21)36-4/h5-15H,16H2,1-4H3,(H,28,30). The van der Waals surface area contributed by atoms with Gasteiger partial charge >= 0.3 is 0 Å². The molecule has 0 fully saturated rings. The predicted octanol–water partition coefficient (Wildman–Crippen LogP) is 4.07. The molecular weight excluding hydrogens is 496 g/mol. The van der Waals surface area contributed by atoms with Gasteiger partial charge in [-0.15, -0.1) is 0 Å². The number of carbonyl (C=O) groups excluding carboxylic acids is 2. The van der Waals surface area contributed by atoms with Gasteiger partial charge < -0.3 is 19.5 Å². The second-order valence-electron chi connectivity index (χ2n) is 8.22. The summed E-state index contributed by atoms with van der Waals surface area (Å²) >= 11 is 0. The maximum absolute atomic E-state index is 13.3. The third-order valence-corrected chi connectivity index (χ3v) is 7.90. The van der Waals surface area contributed by atoms with Crippen LogP contribution in [0.5, 0.6) is 17.2 Å². The summed E-state index contributed by atoms with van der Waals surface area (Å²) in [6, 6.07) is 17.9. The molecule has 192 valence electrons. The summed E-state index contributed by atoms with van der Waals surface area (Å²) in [6.07, 6.45) is 0. The SMILES string of the molecule is COc1ccc(C2=C(C)C(=O)N(Cc3ccc(C(=O)Nc4ccc(OC)c(OC)c4)cc3)S2(=O)=O)cc1. The minimum absolute atomic E-state index is 0.0222. The highest BCUT2D eigenvalue weighted by atomic mass is 32.2. The Morgan fingerprint density at radius 1 is 0.865 bits per heavy atom. The number of hydrogen-bond acceptors (Lipinski definition) is 7. The number of hydrogen-bond donors (Lipinski definition) is 1. The monoisotopic (exact) mass is 522 g/mol. The molecule has 0 bridgehead atoms. The van der Waals surface area contributed by atoms with Gasteiger partial charge in [-0.2, -0.15) is 0 Å². The molecule has 0 spiro atoms. The Kier molecular flexibility index (Phi) is 7.21. The molecule has 10 heteroatoms. The van der Waals surface area contributed by atoms with E-state index in [0.717, 1.165) is 4.31 Å². The van der Waals surface area contributed by atoms with Crippen molar-refractivity contribution < 1.29 is 32.2 Å². The number of nitrogens with one attached hydrogen (secondary N) is 1. The molecule has 0 saturated heterocycles. The molecule has 3 aromatic rings. The van der Waals surface area contributed by atoms with E-state index in [9.17, 15) is 18.0 Å². The molecule has 0 aromatic heterocycles. The molecule has 0 saturated carbocycles. The quantitative estimate of drug-likeness (QED) is 0.475. The summed E-state index contributed by atoms with van der Waals surface area (Å²) in [5.74, 6) is 0.654. The topological polar surface area (TPSA) is 111 Å². The van der Waals surface area contributed by atoms with E-state index < -0.39 is 15.9 Å². The van der Waals surface area contributed by atoms with Gasteiger partial charge in [0.15, 0.2) is 11.5 Å². The summed E-state index contributed by atoms with van der Waals surface area (Å²) in [5.41, 5.74) is 2.01. The van der Waals surface area contributed by atoms with Crippen LogP contribution in [0.1, 0.15) is 28.4 Å². The summed E-state index contributed by atoms with van der Waals surface area (Å²) in [5, 5.41) is 2.78. The van der Waals surface area contributed by atoms with E-state index in [1.54, 1.807) is 66.7 Å². The maximum Gasteiger partial charge on any atom is 0.268 e. The van der Waals surface area contributed by atoms with Crippen molar-refractivity contribution in [1.29, 1.82) is 0 Å². The molecule has 37 heavy (non-hydrogen) atoms. The van der Waals surface area contributed by atoms with Crippen LogP contribution in [0.2, 0.25) is 0 Å². The number of nitrogens with zero attached hydrogens (tertiary/aromatic N) is 1. The normalized spacial score (nSPS) is 14.5. The zero-order valence-electron chi connectivity index (χ0n) is 20.8. The van der Waals surface area contributed by atoms with Gasteiger partial charge in [-0.25, -0.2) is 12.7 Å². The van der Waals surface area contributed by atoms with Crippen molar-refractivity contribution in [2.24, 2.45) is 0 Å². The van der Waals surface area contributed by atoms with Crippen LogP contribution in [0.15, 0.2) is 72.3 Å². The molecule has 9 nitrogen and oxygen atoms in total. The first kappa shape index (κ1) is 25.8. The zero-order chi connectivity index (χ0) is 26.7. The Balaban J connectivity index is 1.49. The predicted molar refractivity (Wildman–Crippen MR) is 139 cm³/mol. The Morgan fingerprint density at radius 3 is 2.11 bits per heavy atom. The average Bonchev–Trinajstić information content (AvgIpc) is 3.07. The maximum atomic E-state index is 13.3. The lowest BCUT2D eigenvalue weighted by molar-refractivity contribution is -0.122. The second kappa shape index (κ2) is 10.4. The van der Waals surface area contributed by atoms with Gasteiger partial charge in [0.05, 0.1) is 27.9 Å². The highest BCUT2D eigenvalue weighted by Crippen LogP contribution is 2.37. The van der Waals surface area contributed by atoms with Crippen LogP contribution < -0.4 is 19.5 Å². The summed E-state index contributed by atoms with van der Waals surface area (Å²) in [7, 11) is 0.489. The van der Waals surface area contributed by atoms with E-state index in [1.807, 2.05) is 0 Å². The highest BCUT2D eigenvalue weighted by molar-refractivity contribution is 7.99. The molecule has 4 rings (SSSR count). The number of methoxy groups -OCH3 is 3. The third-order valence-electron chi connectivity index (χ3n) is 5.97.